The van der Waals surface area contributed by atoms with Crippen molar-refractivity contribution in [3.63, 3.8) is 0 Å². The highest BCUT2D eigenvalue weighted by Gasteiger charge is 2.33. The highest BCUT2D eigenvalue weighted by atomic mass is 19.1. The van der Waals surface area contributed by atoms with Gasteiger partial charge in [0.05, 0.1) is 6.10 Å². The van der Waals surface area contributed by atoms with E-state index in [4.69, 9.17) is 0 Å². The molecular formula is C19H27FN2O2. The van der Waals surface area contributed by atoms with Crippen LogP contribution < -0.4 is 0 Å². The first kappa shape index (κ1) is 17.4. The lowest BCUT2D eigenvalue weighted by Crippen LogP contribution is -2.52. The molecule has 1 amide bonds. The van der Waals surface area contributed by atoms with Gasteiger partial charge in [0.25, 0.3) is 0 Å². The third-order valence-electron chi connectivity index (χ3n) is 5.59. The van der Waals surface area contributed by atoms with E-state index in [1.54, 1.807) is 13.0 Å². The van der Waals surface area contributed by atoms with Crippen LogP contribution in [0, 0.1) is 11.7 Å². The van der Waals surface area contributed by atoms with Gasteiger partial charge in [-0.2, -0.15) is 0 Å². The summed E-state index contributed by atoms with van der Waals surface area (Å²) in [5, 5.41) is 10.4. The Morgan fingerprint density at radius 3 is 2.58 bits per heavy atom. The zero-order valence-electron chi connectivity index (χ0n) is 14.3. The van der Waals surface area contributed by atoms with Crippen molar-refractivity contribution in [2.24, 2.45) is 5.92 Å². The Morgan fingerprint density at radius 1 is 1.21 bits per heavy atom. The molecule has 5 heteroatoms. The Hall–Kier alpha value is -1.46. The Morgan fingerprint density at radius 2 is 1.92 bits per heavy atom. The van der Waals surface area contributed by atoms with Crippen molar-refractivity contribution >= 4 is 5.91 Å². The fourth-order valence-corrected chi connectivity index (χ4v) is 4.07. The van der Waals surface area contributed by atoms with Crippen LogP contribution >= 0.6 is 0 Å². The van der Waals surface area contributed by atoms with E-state index >= 15 is 0 Å². The predicted octanol–water partition coefficient (Wildman–Crippen LogP) is 2.06. The lowest BCUT2D eigenvalue weighted by atomic mass is 9.87. The molecule has 2 aliphatic heterocycles. The van der Waals surface area contributed by atoms with E-state index in [2.05, 4.69) is 4.90 Å². The zero-order valence-corrected chi connectivity index (χ0v) is 14.3. The maximum atomic E-state index is 13.9. The maximum Gasteiger partial charge on any atom is 0.219 e. The molecule has 0 unspecified atom stereocenters. The highest BCUT2D eigenvalue weighted by Crippen LogP contribution is 2.27. The molecule has 0 radical (unpaired) electrons. The SMILES string of the molecule is CC(=O)N1CCC(N2CC[C@@H](O)[C@H](Cc3ccccc3F)C2)CC1. The van der Waals surface area contributed by atoms with Gasteiger partial charge in [-0.1, -0.05) is 18.2 Å². The van der Waals surface area contributed by atoms with E-state index in [9.17, 15) is 14.3 Å². The van der Waals surface area contributed by atoms with Crippen LogP contribution in [0.5, 0.6) is 0 Å². The minimum absolute atomic E-state index is 0.0708. The minimum Gasteiger partial charge on any atom is -0.393 e. The number of benzene rings is 1. The molecule has 2 saturated heterocycles. The molecule has 0 aromatic heterocycles. The molecule has 2 aliphatic rings. The number of carbonyl (C=O) groups excluding carboxylic acids is 1. The molecule has 2 heterocycles. The van der Waals surface area contributed by atoms with Gasteiger partial charge < -0.3 is 10.0 Å². The quantitative estimate of drug-likeness (QED) is 0.920. The number of nitrogens with zero attached hydrogens (tertiary/aromatic N) is 2. The summed E-state index contributed by atoms with van der Waals surface area (Å²) in [6, 6.07) is 7.32. The van der Waals surface area contributed by atoms with E-state index < -0.39 is 0 Å². The van der Waals surface area contributed by atoms with Crippen LogP contribution in [-0.2, 0) is 11.2 Å². The molecule has 2 atom stereocenters. The molecule has 0 bridgehead atoms. The summed E-state index contributed by atoms with van der Waals surface area (Å²) in [6.45, 7) is 4.95. The second kappa shape index (κ2) is 7.62. The first-order valence-corrected chi connectivity index (χ1v) is 8.95. The van der Waals surface area contributed by atoms with Crippen LogP contribution in [0.2, 0.25) is 0 Å². The summed E-state index contributed by atoms with van der Waals surface area (Å²) < 4.78 is 13.9. The monoisotopic (exact) mass is 334 g/mol. The minimum atomic E-state index is -0.363. The van der Waals surface area contributed by atoms with Gasteiger partial charge in [-0.3, -0.25) is 9.69 Å². The summed E-state index contributed by atoms with van der Waals surface area (Å²) in [5.41, 5.74) is 0.690. The molecule has 1 N–H and O–H groups in total. The molecule has 1 aromatic rings. The molecule has 0 spiro atoms. The van der Waals surface area contributed by atoms with Crippen LogP contribution in [0.3, 0.4) is 0 Å². The Labute approximate surface area is 143 Å². The number of likely N-dealkylation sites (tertiary alicyclic amines) is 2. The van der Waals surface area contributed by atoms with E-state index in [-0.39, 0.29) is 23.7 Å². The van der Waals surface area contributed by atoms with Crippen molar-refractivity contribution in [1.82, 2.24) is 9.80 Å². The highest BCUT2D eigenvalue weighted by molar-refractivity contribution is 5.73. The van der Waals surface area contributed by atoms with Gasteiger partial charge in [-0.15, -0.1) is 0 Å². The molecular weight excluding hydrogens is 307 g/mol. The number of amides is 1. The summed E-state index contributed by atoms with van der Waals surface area (Å²) >= 11 is 0. The number of piperidine rings is 2. The first-order valence-electron chi connectivity index (χ1n) is 8.95. The van der Waals surface area contributed by atoms with Gasteiger partial charge in [0.2, 0.25) is 5.91 Å². The fourth-order valence-electron chi connectivity index (χ4n) is 4.07. The van der Waals surface area contributed by atoms with Gasteiger partial charge in [0, 0.05) is 45.1 Å². The number of carbonyl (C=O) groups is 1. The first-order chi connectivity index (χ1) is 11.5. The number of aliphatic hydroxyl groups excluding tert-OH is 1. The van der Waals surface area contributed by atoms with Gasteiger partial charge in [-0.05, 0) is 37.3 Å². The van der Waals surface area contributed by atoms with Crippen LogP contribution in [0.15, 0.2) is 24.3 Å². The standard InChI is InChI=1S/C19H27FN2O2/c1-14(23)21-9-6-17(7-10-21)22-11-8-19(24)16(13-22)12-15-4-2-3-5-18(15)20/h2-5,16-17,19,24H,6-13H2,1H3/t16-,19-/m1/s1. The van der Waals surface area contributed by atoms with E-state index in [1.807, 2.05) is 17.0 Å². The fraction of sp³-hybridized carbons (Fsp3) is 0.632. The van der Waals surface area contributed by atoms with Gasteiger partial charge in [0.15, 0.2) is 0 Å². The van der Waals surface area contributed by atoms with E-state index in [0.29, 0.717) is 18.0 Å². The number of aliphatic hydroxyl groups is 1. The van der Waals surface area contributed by atoms with E-state index in [1.165, 1.54) is 6.07 Å². The summed E-state index contributed by atoms with van der Waals surface area (Å²) in [4.78, 5) is 15.8. The van der Waals surface area contributed by atoms with Crippen LogP contribution in [-0.4, -0.2) is 59.1 Å². The van der Waals surface area contributed by atoms with Gasteiger partial charge >= 0.3 is 0 Å². The van der Waals surface area contributed by atoms with Gasteiger partial charge in [-0.25, -0.2) is 4.39 Å². The lowest BCUT2D eigenvalue weighted by molar-refractivity contribution is -0.130. The van der Waals surface area contributed by atoms with Crippen LogP contribution in [0.25, 0.3) is 0 Å². The van der Waals surface area contributed by atoms with Crippen LogP contribution in [0.4, 0.5) is 4.39 Å². The third kappa shape index (κ3) is 3.95. The normalized spacial score (nSPS) is 26.5. The molecule has 4 nitrogen and oxygen atoms in total. The maximum absolute atomic E-state index is 13.9. The molecule has 0 saturated carbocycles. The van der Waals surface area contributed by atoms with Crippen molar-refractivity contribution < 1.29 is 14.3 Å². The van der Waals surface area contributed by atoms with Crippen molar-refractivity contribution in [3.8, 4) is 0 Å². The second-order valence-electron chi connectivity index (χ2n) is 7.14. The largest absolute Gasteiger partial charge is 0.393 e. The van der Waals surface area contributed by atoms with Crippen LogP contribution in [0.1, 0.15) is 31.7 Å². The molecule has 0 aliphatic carbocycles. The molecule has 1 aromatic carbocycles. The molecule has 2 fully saturated rings. The topological polar surface area (TPSA) is 43.8 Å². The molecule has 3 rings (SSSR count). The lowest BCUT2D eigenvalue weighted by Gasteiger charge is -2.43. The van der Waals surface area contributed by atoms with Gasteiger partial charge in [0.1, 0.15) is 5.82 Å². The zero-order chi connectivity index (χ0) is 17.1. The average molecular weight is 334 g/mol. The summed E-state index contributed by atoms with van der Waals surface area (Å²) in [6.07, 6.45) is 2.94. The molecule has 132 valence electrons. The molecule has 24 heavy (non-hydrogen) atoms. The summed E-state index contributed by atoms with van der Waals surface area (Å²) in [5.74, 6) is 0.0398. The third-order valence-corrected chi connectivity index (χ3v) is 5.59. The van der Waals surface area contributed by atoms with Crippen molar-refractivity contribution in [3.05, 3.63) is 35.6 Å². The predicted molar refractivity (Wildman–Crippen MR) is 91.1 cm³/mol. The average Bonchev–Trinajstić information content (AvgIpc) is 2.59. The Bertz CT molecular complexity index is 572. The number of hydrogen-bond donors (Lipinski definition) is 1. The van der Waals surface area contributed by atoms with Crippen molar-refractivity contribution in [2.45, 2.75) is 44.8 Å². The number of halogens is 1. The number of hydrogen-bond acceptors (Lipinski definition) is 3. The Balaban J connectivity index is 1.59. The summed E-state index contributed by atoms with van der Waals surface area (Å²) in [7, 11) is 0. The van der Waals surface area contributed by atoms with E-state index in [0.717, 1.165) is 45.4 Å². The second-order valence-corrected chi connectivity index (χ2v) is 7.14. The van der Waals surface area contributed by atoms with Crippen molar-refractivity contribution in [1.29, 1.82) is 0 Å². The smallest absolute Gasteiger partial charge is 0.219 e. The number of rotatable bonds is 3. The Kier molecular flexibility index (Phi) is 5.51. The van der Waals surface area contributed by atoms with Crippen molar-refractivity contribution in [2.75, 3.05) is 26.2 Å².